The minimum atomic E-state index is -0.315. The number of rotatable bonds is 9. The third kappa shape index (κ3) is 5.61. The van der Waals surface area contributed by atoms with Crippen molar-refractivity contribution in [2.45, 2.75) is 39.7 Å². The van der Waals surface area contributed by atoms with Crippen LogP contribution in [0.15, 0.2) is 24.3 Å². The van der Waals surface area contributed by atoms with Gasteiger partial charge in [-0.3, -0.25) is 0 Å². The van der Waals surface area contributed by atoms with Gasteiger partial charge in [-0.2, -0.15) is 0 Å². The Hall–Kier alpha value is -1.55. The van der Waals surface area contributed by atoms with E-state index in [0.29, 0.717) is 6.61 Å². The second-order valence-electron chi connectivity index (χ2n) is 4.68. The Bertz CT molecular complexity index is 406. The summed E-state index contributed by atoms with van der Waals surface area (Å²) in [4.78, 5) is 11.5. The molecular weight excluding hydrogens is 254 g/mol. The van der Waals surface area contributed by atoms with Crippen molar-refractivity contribution in [1.82, 2.24) is 5.32 Å². The molecule has 0 aliphatic heterocycles. The number of carbonyl (C=O) groups excluding carboxylic acids is 1. The van der Waals surface area contributed by atoms with Gasteiger partial charge < -0.3 is 14.8 Å². The molecule has 0 fully saturated rings. The fraction of sp³-hybridized carbons (Fsp3) is 0.562. The summed E-state index contributed by atoms with van der Waals surface area (Å²) < 4.78 is 10.7. The Labute approximate surface area is 121 Å². The SMILES string of the molecule is CCCCOC(=O)COc1ccccc1C(C)NCC. The summed E-state index contributed by atoms with van der Waals surface area (Å²) in [6.07, 6.45) is 1.90. The van der Waals surface area contributed by atoms with Crippen molar-refractivity contribution in [2.24, 2.45) is 0 Å². The highest BCUT2D eigenvalue weighted by Crippen LogP contribution is 2.24. The Morgan fingerprint density at radius 1 is 1.30 bits per heavy atom. The molecule has 1 N–H and O–H groups in total. The topological polar surface area (TPSA) is 47.6 Å². The van der Waals surface area contributed by atoms with Gasteiger partial charge in [0, 0.05) is 11.6 Å². The van der Waals surface area contributed by atoms with E-state index in [1.807, 2.05) is 24.3 Å². The highest BCUT2D eigenvalue weighted by molar-refractivity contribution is 5.71. The molecule has 1 rings (SSSR count). The van der Waals surface area contributed by atoms with Crippen molar-refractivity contribution in [3.63, 3.8) is 0 Å². The van der Waals surface area contributed by atoms with Crippen LogP contribution >= 0.6 is 0 Å². The lowest BCUT2D eigenvalue weighted by molar-refractivity contribution is -0.146. The van der Waals surface area contributed by atoms with E-state index in [-0.39, 0.29) is 18.6 Å². The molecule has 1 atom stereocenters. The normalized spacial score (nSPS) is 11.9. The minimum Gasteiger partial charge on any atom is -0.482 e. The summed E-state index contributed by atoms with van der Waals surface area (Å²) in [5.74, 6) is 0.415. The van der Waals surface area contributed by atoms with Gasteiger partial charge >= 0.3 is 5.97 Å². The molecule has 1 aromatic rings. The van der Waals surface area contributed by atoms with Crippen LogP contribution in [-0.4, -0.2) is 25.7 Å². The van der Waals surface area contributed by atoms with Crippen molar-refractivity contribution in [3.05, 3.63) is 29.8 Å². The van der Waals surface area contributed by atoms with Crippen LogP contribution in [0.1, 0.15) is 45.2 Å². The number of carbonyl (C=O) groups is 1. The highest BCUT2D eigenvalue weighted by Gasteiger charge is 2.11. The number of hydrogen-bond donors (Lipinski definition) is 1. The fourth-order valence-electron chi connectivity index (χ4n) is 1.89. The van der Waals surface area contributed by atoms with Crippen LogP contribution in [0.4, 0.5) is 0 Å². The lowest BCUT2D eigenvalue weighted by atomic mass is 10.1. The van der Waals surface area contributed by atoms with Gasteiger partial charge in [0.2, 0.25) is 0 Å². The van der Waals surface area contributed by atoms with Gasteiger partial charge in [-0.1, -0.05) is 38.5 Å². The molecule has 0 radical (unpaired) electrons. The van der Waals surface area contributed by atoms with Gasteiger partial charge in [0.15, 0.2) is 6.61 Å². The third-order valence-electron chi connectivity index (χ3n) is 3.00. The number of nitrogens with one attached hydrogen (secondary N) is 1. The molecule has 0 aromatic heterocycles. The Kier molecular flexibility index (Phi) is 7.73. The van der Waals surface area contributed by atoms with Crippen molar-refractivity contribution >= 4 is 5.97 Å². The average molecular weight is 279 g/mol. The summed E-state index contributed by atoms with van der Waals surface area (Å²) in [7, 11) is 0. The fourth-order valence-corrected chi connectivity index (χ4v) is 1.89. The van der Waals surface area contributed by atoms with Crippen molar-refractivity contribution < 1.29 is 14.3 Å². The third-order valence-corrected chi connectivity index (χ3v) is 3.00. The molecule has 4 nitrogen and oxygen atoms in total. The number of para-hydroxylation sites is 1. The van der Waals surface area contributed by atoms with Gasteiger partial charge in [0.05, 0.1) is 6.61 Å². The van der Waals surface area contributed by atoms with Crippen LogP contribution in [0, 0.1) is 0 Å². The molecule has 0 heterocycles. The van der Waals surface area contributed by atoms with Crippen molar-refractivity contribution in [1.29, 1.82) is 0 Å². The summed E-state index contributed by atoms with van der Waals surface area (Å²) in [6.45, 7) is 7.50. The van der Waals surface area contributed by atoms with Crippen LogP contribution in [0.2, 0.25) is 0 Å². The molecule has 112 valence electrons. The molecule has 0 amide bonds. The van der Waals surface area contributed by atoms with E-state index in [0.717, 1.165) is 30.7 Å². The lowest BCUT2D eigenvalue weighted by Gasteiger charge is -2.17. The lowest BCUT2D eigenvalue weighted by Crippen LogP contribution is -2.20. The van der Waals surface area contributed by atoms with Crippen LogP contribution in [0.3, 0.4) is 0 Å². The number of ether oxygens (including phenoxy) is 2. The molecule has 0 bridgehead atoms. The number of benzene rings is 1. The van der Waals surface area contributed by atoms with Gasteiger partial charge in [-0.15, -0.1) is 0 Å². The number of hydrogen-bond acceptors (Lipinski definition) is 4. The van der Waals surface area contributed by atoms with Crippen molar-refractivity contribution in [2.75, 3.05) is 19.8 Å². The predicted molar refractivity (Wildman–Crippen MR) is 79.9 cm³/mol. The van der Waals surface area contributed by atoms with E-state index < -0.39 is 0 Å². The monoisotopic (exact) mass is 279 g/mol. The van der Waals surface area contributed by atoms with E-state index in [4.69, 9.17) is 9.47 Å². The second kappa shape index (κ2) is 9.37. The molecular formula is C16H25NO3. The van der Waals surface area contributed by atoms with E-state index in [1.165, 1.54) is 0 Å². The maximum atomic E-state index is 11.5. The van der Waals surface area contributed by atoms with E-state index in [1.54, 1.807) is 0 Å². The number of unbranched alkanes of at least 4 members (excludes halogenated alkanes) is 1. The Morgan fingerprint density at radius 2 is 2.05 bits per heavy atom. The summed E-state index contributed by atoms with van der Waals surface area (Å²) >= 11 is 0. The molecule has 0 saturated heterocycles. The van der Waals surface area contributed by atoms with Crippen LogP contribution in [0.25, 0.3) is 0 Å². The highest BCUT2D eigenvalue weighted by atomic mass is 16.6. The zero-order valence-corrected chi connectivity index (χ0v) is 12.6. The first kappa shape index (κ1) is 16.5. The van der Waals surface area contributed by atoms with Crippen LogP contribution in [0.5, 0.6) is 5.75 Å². The maximum Gasteiger partial charge on any atom is 0.344 e. The Balaban J connectivity index is 2.52. The van der Waals surface area contributed by atoms with Gasteiger partial charge in [0.25, 0.3) is 0 Å². The van der Waals surface area contributed by atoms with Gasteiger partial charge in [0.1, 0.15) is 5.75 Å². The first-order chi connectivity index (χ1) is 9.69. The molecule has 0 saturated carbocycles. The molecule has 1 aromatic carbocycles. The first-order valence-corrected chi connectivity index (χ1v) is 7.29. The first-order valence-electron chi connectivity index (χ1n) is 7.29. The second-order valence-corrected chi connectivity index (χ2v) is 4.68. The quantitative estimate of drug-likeness (QED) is 0.557. The maximum absolute atomic E-state index is 11.5. The van der Waals surface area contributed by atoms with Crippen molar-refractivity contribution in [3.8, 4) is 5.75 Å². The van der Waals surface area contributed by atoms with E-state index in [9.17, 15) is 4.79 Å². The predicted octanol–water partition coefficient (Wildman–Crippen LogP) is 3.08. The molecule has 20 heavy (non-hydrogen) atoms. The van der Waals surface area contributed by atoms with Crippen LogP contribution < -0.4 is 10.1 Å². The van der Waals surface area contributed by atoms with E-state index in [2.05, 4.69) is 26.1 Å². The molecule has 0 aliphatic carbocycles. The molecule has 4 heteroatoms. The minimum absolute atomic E-state index is 0.0421. The zero-order chi connectivity index (χ0) is 14.8. The largest absolute Gasteiger partial charge is 0.482 e. The Morgan fingerprint density at radius 3 is 2.75 bits per heavy atom. The van der Waals surface area contributed by atoms with Gasteiger partial charge in [-0.05, 0) is 26.0 Å². The molecule has 0 spiro atoms. The molecule has 0 aliphatic rings. The smallest absolute Gasteiger partial charge is 0.344 e. The summed E-state index contributed by atoms with van der Waals surface area (Å²) in [5.41, 5.74) is 1.05. The van der Waals surface area contributed by atoms with Crippen LogP contribution in [-0.2, 0) is 9.53 Å². The summed E-state index contributed by atoms with van der Waals surface area (Å²) in [5, 5.41) is 3.34. The van der Waals surface area contributed by atoms with Gasteiger partial charge in [-0.25, -0.2) is 4.79 Å². The average Bonchev–Trinajstić information content (AvgIpc) is 2.46. The van der Waals surface area contributed by atoms with E-state index >= 15 is 0 Å². The summed E-state index contributed by atoms with van der Waals surface area (Å²) in [6, 6.07) is 7.94. The zero-order valence-electron chi connectivity index (χ0n) is 12.6. The molecule has 1 unspecified atom stereocenters. The number of esters is 1. The standard InChI is InChI=1S/C16H25NO3/c1-4-6-11-19-16(18)12-20-15-10-8-7-9-14(15)13(3)17-5-2/h7-10,13,17H,4-6,11-12H2,1-3H3.